The number of halogens is 1. The van der Waals surface area contributed by atoms with E-state index in [0.29, 0.717) is 5.76 Å². The number of hydrogen-bond donors (Lipinski definition) is 0. The van der Waals surface area contributed by atoms with Crippen LogP contribution >= 0.6 is 0 Å². The fourth-order valence-electron chi connectivity index (χ4n) is 1.52. The molecule has 0 bridgehead atoms. The Morgan fingerprint density at radius 2 is 2.06 bits per heavy atom. The van der Waals surface area contributed by atoms with Gasteiger partial charge in [-0.15, -0.1) is 0 Å². The molecule has 0 N–H and O–H groups in total. The monoisotopic (exact) mass is 227 g/mol. The number of nitrogens with zero attached hydrogens (tertiary/aromatic N) is 1. The van der Waals surface area contributed by atoms with Crippen molar-refractivity contribution in [2.75, 3.05) is 0 Å². The Morgan fingerprint density at radius 1 is 1.29 bits per heavy atom. The van der Waals surface area contributed by atoms with Gasteiger partial charge in [-0.25, -0.2) is 4.39 Å². The Labute approximate surface area is 98.6 Å². The molecule has 0 fully saturated rings. The SMILES string of the molecule is Cc1ccc(/C=C(/C#N)c2ccccc2F)o1. The lowest BCUT2D eigenvalue weighted by atomic mass is 10.1. The smallest absolute Gasteiger partial charge is 0.131 e. The van der Waals surface area contributed by atoms with Gasteiger partial charge in [0.2, 0.25) is 0 Å². The van der Waals surface area contributed by atoms with Crippen LogP contribution in [0.2, 0.25) is 0 Å². The minimum atomic E-state index is -0.413. The van der Waals surface area contributed by atoms with Crippen LogP contribution in [0, 0.1) is 24.1 Å². The average Bonchev–Trinajstić information content (AvgIpc) is 2.73. The quantitative estimate of drug-likeness (QED) is 0.732. The molecule has 0 atom stereocenters. The summed E-state index contributed by atoms with van der Waals surface area (Å²) < 4.78 is 18.8. The highest BCUT2D eigenvalue weighted by molar-refractivity contribution is 5.88. The fraction of sp³-hybridized carbons (Fsp3) is 0.0714. The Hall–Kier alpha value is -2.34. The van der Waals surface area contributed by atoms with Gasteiger partial charge in [-0.2, -0.15) is 5.26 Å². The molecule has 17 heavy (non-hydrogen) atoms. The van der Waals surface area contributed by atoms with Crippen molar-refractivity contribution in [3.63, 3.8) is 0 Å². The van der Waals surface area contributed by atoms with Crippen LogP contribution < -0.4 is 0 Å². The molecule has 2 rings (SSSR count). The van der Waals surface area contributed by atoms with E-state index in [1.165, 1.54) is 12.1 Å². The number of aryl methyl sites for hydroxylation is 1. The van der Waals surface area contributed by atoms with Gasteiger partial charge < -0.3 is 4.42 Å². The largest absolute Gasteiger partial charge is 0.462 e. The molecule has 0 spiro atoms. The molecular weight excluding hydrogens is 217 g/mol. The molecule has 0 radical (unpaired) electrons. The minimum Gasteiger partial charge on any atom is -0.462 e. The van der Waals surface area contributed by atoms with Crippen LogP contribution in [0.25, 0.3) is 11.6 Å². The third-order valence-corrected chi connectivity index (χ3v) is 2.33. The summed E-state index contributed by atoms with van der Waals surface area (Å²) in [5.74, 6) is 0.882. The van der Waals surface area contributed by atoms with Gasteiger partial charge in [-0.1, -0.05) is 18.2 Å². The summed E-state index contributed by atoms with van der Waals surface area (Å²) in [6, 6.07) is 11.7. The van der Waals surface area contributed by atoms with Gasteiger partial charge in [0.1, 0.15) is 17.3 Å². The van der Waals surface area contributed by atoms with E-state index >= 15 is 0 Å². The minimum absolute atomic E-state index is 0.248. The molecule has 2 nitrogen and oxygen atoms in total. The van der Waals surface area contributed by atoms with E-state index in [9.17, 15) is 4.39 Å². The van der Waals surface area contributed by atoms with Crippen molar-refractivity contribution in [2.24, 2.45) is 0 Å². The number of furan rings is 1. The molecule has 1 heterocycles. The Morgan fingerprint density at radius 3 is 2.65 bits per heavy atom. The van der Waals surface area contributed by atoms with Gasteiger partial charge in [-0.3, -0.25) is 0 Å². The Bertz CT molecular complexity index is 605. The molecule has 0 aliphatic rings. The molecule has 1 aromatic heterocycles. The number of nitriles is 1. The van der Waals surface area contributed by atoms with Crippen LogP contribution in [0.5, 0.6) is 0 Å². The molecule has 2 aromatic rings. The first-order chi connectivity index (χ1) is 8.20. The second kappa shape index (κ2) is 4.67. The van der Waals surface area contributed by atoms with Crippen LogP contribution in [0.15, 0.2) is 40.8 Å². The van der Waals surface area contributed by atoms with Crippen molar-refractivity contribution >= 4 is 11.6 Å². The molecule has 0 unspecified atom stereocenters. The third-order valence-electron chi connectivity index (χ3n) is 2.33. The highest BCUT2D eigenvalue weighted by Gasteiger charge is 2.07. The summed E-state index contributed by atoms with van der Waals surface area (Å²) in [5, 5.41) is 9.05. The number of allylic oxidation sites excluding steroid dienone is 1. The number of hydrogen-bond acceptors (Lipinski definition) is 2. The first-order valence-corrected chi connectivity index (χ1v) is 5.14. The second-order valence-electron chi connectivity index (χ2n) is 3.60. The van der Waals surface area contributed by atoms with Gasteiger partial charge >= 0.3 is 0 Å². The summed E-state index contributed by atoms with van der Waals surface area (Å²) in [4.78, 5) is 0. The lowest BCUT2D eigenvalue weighted by molar-refractivity contribution is 0.525. The van der Waals surface area contributed by atoms with E-state index in [2.05, 4.69) is 0 Å². The normalized spacial score (nSPS) is 11.2. The highest BCUT2D eigenvalue weighted by Crippen LogP contribution is 2.21. The van der Waals surface area contributed by atoms with Gasteiger partial charge in [0.05, 0.1) is 11.6 Å². The zero-order valence-electron chi connectivity index (χ0n) is 9.27. The first kappa shape index (κ1) is 11.2. The van der Waals surface area contributed by atoms with Crippen LogP contribution in [0.1, 0.15) is 17.1 Å². The molecule has 0 aliphatic heterocycles. The lowest BCUT2D eigenvalue weighted by Gasteiger charge is -1.99. The zero-order valence-corrected chi connectivity index (χ0v) is 9.27. The van der Waals surface area contributed by atoms with Crippen LogP contribution in [-0.4, -0.2) is 0 Å². The van der Waals surface area contributed by atoms with Crippen molar-refractivity contribution in [3.8, 4) is 6.07 Å². The maximum Gasteiger partial charge on any atom is 0.131 e. The van der Waals surface area contributed by atoms with Crippen molar-refractivity contribution in [1.82, 2.24) is 0 Å². The molecule has 0 saturated heterocycles. The fourth-order valence-corrected chi connectivity index (χ4v) is 1.52. The molecule has 0 aliphatic carbocycles. The van der Waals surface area contributed by atoms with Crippen LogP contribution in [-0.2, 0) is 0 Å². The zero-order chi connectivity index (χ0) is 12.3. The van der Waals surface area contributed by atoms with E-state index in [-0.39, 0.29) is 11.1 Å². The number of benzene rings is 1. The summed E-state index contributed by atoms with van der Waals surface area (Å²) in [5.41, 5.74) is 0.529. The van der Waals surface area contributed by atoms with E-state index in [4.69, 9.17) is 9.68 Å². The van der Waals surface area contributed by atoms with Crippen molar-refractivity contribution in [2.45, 2.75) is 6.92 Å². The lowest BCUT2D eigenvalue weighted by Crippen LogP contribution is -1.86. The van der Waals surface area contributed by atoms with Crippen molar-refractivity contribution < 1.29 is 8.81 Å². The molecular formula is C14H10FNO. The predicted molar refractivity (Wildman–Crippen MR) is 63.3 cm³/mol. The average molecular weight is 227 g/mol. The molecule has 0 saturated carbocycles. The van der Waals surface area contributed by atoms with Gasteiger partial charge in [-0.05, 0) is 31.2 Å². The van der Waals surface area contributed by atoms with E-state index in [0.717, 1.165) is 5.76 Å². The maximum atomic E-state index is 13.5. The summed E-state index contributed by atoms with van der Waals surface area (Å²) in [7, 11) is 0. The van der Waals surface area contributed by atoms with E-state index < -0.39 is 5.82 Å². The van der Waals surface area contributed by atoms with Crippen LogP contribution in [0.3, 0.4) is 0 Å². The van der Waals surface area contributed by atoms with Crippen molar-refractivity contribution in [3.05, 3.63) is 59.3 Å². The first-order valence-electron chi connectivity index (χ1n) is 5.14. The van der Waals surface area contributed by atoms with E-state index in [1.54, 1.807) is 30.3 Å². The van der Waals surface area contributed by atoms with Crippen LogP contribution in [0.4, 0.5) is 4.39 Å². The predicted octanol–water partition coefficient (Wildman–Crippen LogP) is 3.79. The summed E-state index contributed by atoms with van der Waals surface area (Å²) in [6.07, 6.45) is 1.53. The standard InChI is InChI=1S/C14H10FNO/c1-10-6-7-12(17-10)8-11(9-16)13-4-2-3-5-14(13)15/h2-8H,1H3/b11-8-. The van der Waals surface area contributed by atoms with Gasteiger partial charge in [0.15, 0.2) is 0 Å². The molecule has 0 amide bonds. The van der Waals surface area contributed by atoms with Gasteiger partial charge in [0.25, 0.3) is 0 Å². The van der Waals surface area contributed by atoms with Crippen molar-refractivity contribution in [1.29, 1.82) is 5.26 Å². The molecule has 1 aromatic carbocycles. The Balaban J connectivity index is 2.45. The third kappa shape index (κ3) is 2.43. The Kier molecular flexibility index (Phi) is 3.06. The topological polar surface area (TPSA) is 36.9 Å². The maximum absolute atomic E-state index is 13.5. The summed E-state index contributed by atoms with van der Waals surface area (Å²) in [6.45, 7) is 1.81. The van der Waals surface area contributed by atoms with E-state index in [1.807, 2.05) is 13.0 Å². The summed E-state index contributed by atoms with van der Waals surface area (Å²) >= 11 is 0. The number of rotatable bonds is 2. The molecule has 3 heteroatoms. The molecule has 84 valence electrons. The second-order valence-corrected chi connectivity index (χ2v) is 3.60. The van der Waals surface area contributed by atoms with Gasteiger partial charge in [0, 0.05) is 5.56 Å². The highest BCUT2D eigenvalue weighted by atomic mass is 19.1.